The molecule has 0 aromatic carbocycles. The minimum Gasteiger partial charge on any atom is -0.355 e. The molecule has 5 nitrogen and oxygen atoms in total. The molecule has 1 saturated carbocycles. The van der Waals surface area contributed by atoms with Crippen LogP contribution in [0, 0.1) is 5.92 Å². The summed E-state index contributed by atoms with van der Waals surface area (Å²) in [6, 6.07) is -0.331. The van der Waals surface area contributed by atoms with Gasteiger partial charge in [-0.25, -0.2) is 0 Å². The van der Waals surface area contributed by atoms with Gasteiger partial charge in [0.15, 0.2) is 0 Å². The van der Waals surface area contributed by atoms with Crippen molar-refractivity contribution in [3.63, 3.8) is 0 Å². The van der Waals surface area contributed by atoms with Crippen LogP contribution in [0.15, 0.2) is 0 Å². The molecule has 1 aliphatic heterocycles. The molecule has 2 amide bonds. The van der Waals surface area contributed by atoms with Crippen LogP contribution in [0.3, 0.4) is 0 Å². The summed E-state index contributed by atoms with van der Waals surface area (Å²) < 4.78 is 0. The van der Waals surface area contributed by atoms with Crippen LogP contribution in [0.5, 0.6) is 0 Å². The largest absolute Gasteiger partial charge is 0.355 e. The van der Waals surface area contributed by atoms with Crippen LogP contribution < -0.4 is 10.6 Å². The SMILES string of the molecule is CCNC(=O)C1CNCCN1C(=O)CC1CCCC1. The molecule has 0 aromatic heterocycles. The Morgan fingerprint density at radius 1 is 1.32 bits per heavy atom. The molecule has 2 rings (SSSR count). The Balaban J connectivity index is 1.93. The van der Waals surface area contributed by atoms with Gasteiger partial charge < -0.3 is 15.5 Å². The van der Waals surface area contributed by atoms with Crippen molar-refractivity contribution in [2.45, 2.75) is 45.1 Å². The lowest BCUT2D eigenvalue weighted by atomic mass is 10.0. The molecule has 1 unspecified atom stereocenters. The van der Waals surface area contributed by atoms with Crippen molar-refractivity contribution in [2.75, 3.05) is 26.2 Å². The summed E-state index contributed by atoms with van der Waals surface area (Å²) in [4.78, 5) is 26.2. The lowest BCUT2D eigenvalue weighted by Gasteiger charge is -2.35. The Kier molecular flexibility index (Phi) is 5.19. The molecule has 108 valence electrons. The summed E-state index contributed by atoms with van der Waals surface area (Å²) in [6.07, 6.45) is 5.46. The van der Waals surface area contributed by atoms with Gasteiger partial charge in [0.25, 0.3) is 0 Å². The van der Waals surface area contributed by atoms with Gasteiger partial charge in [-0.1, -0.05) is 12.8 Å². The zero-order valence-electron chi connectivity index (χ0n) is 11.8. The minimum atomic E-state index is -0.331. The van der Waals surface area contributed by atoms with Crippen molar-refractivity contribution < 1.29 is 9.59 Å². The normalized spacial score (nSPS) is 24.5. The number of hydrogen-bond donors (Lipinski definition) is 2. The smallest absolute Gasteiger partial charge is 0.244 e. The van der Waals surface area contributed by atoms with Crippen LogP contribution in [0.1, 0.15) is 39.0 Å². The third-order valence-electron chi connectivity index (χ3n) is 4.16. The second kappa shape index (κ2) is 6.89. The number of carbonyl (C=O) groups is 2. The molecule has 0 aromatic rings. The number of nitrogens with zero attached hydrogens (tertiary/aromatic N) is 1. The molecule has 1 atom stereocenters. The highest BCUT2D eigenvalue weighted by Crippen LogP contribution is 2.28. The zero-order valence-corrected chi connectivity index (χ0v) is 11.8. The third kappa shape index (κ3) is 3.69. The molecule has 1 aliphatic carbocycles. The highest BCUT2D eigenvalue weighted by molar-refractivity contribution is 5.88. The van der Waals surface area contributed by atoms with Crippen molar-refractivity contribution >= 4 is 11.8 Å². The molecule has 2 N–H and O–H groups in total. The lowest BCUT2D eigenvalue weighted by molar-refractivity contribution is -0.142. The topological polar surface area (TPSA) is 61.4 Å². The summed E-state index contributed by atoms with van der Waals surface area (Å²) in [6.45, 7) is 4.51. The summed E-state index contributed by atoms with van der Waals surface area (Å²) >= 11 is 0. The first kappa shape index (κ1) is 14.3. The monoisotopic (exact) mass is 267 g/mol. The number of likely N-dealkylation sites (N-methyl/N-ethyl adjacent to an activating group) is 1. The fraction of sp³-hybridized carbons (Fsp3) is 0.857. The summed E-state index contributed by atoms with van der Waals surface area (Å²) in [5, 5.41) is 6.02. The molecule has 0 spiro atoms. The maximum absolute atomic E-state index is 12.4. The molecular weight excluding hydrogens is 242 g/mol. The van der Waals surface area contributed by atoms with Gasteiger partial charge in [-0.3, -0.25) is 9.59 Å². The fourth-order valence-electron chi connectivity index (χ4n) is 3.11. The highest BCUT2D eigenvalue weighted by Gasteiger charge is 2.32. The third-order valence-corrected chi connectivity index (χ3v) is 4.16. The zero-order chi connectivity index (χ0) is 13.7. The van der Waals surface area contributed by atoms with E-state index in [0.29, 0.717) is 32.0 Å². The van der Waals surface area contributed by atoms with E-state index in [1.165, 1.54) is 25.7 Å². The quantitative estimate of drug-likeness (QED) is 0.780. The number of piperazine rings is 1. The van der Waals surface area contributed by atoms with Gasteiger partial charge in [-0.2, -0.15) is 0 Å². The molecule has 2 aliphatic rings. The molecule has 1 saturated heterocycles. The van der Waals surface area contributed by atoms with Crippen LogP contribution in [0.2, 0.25) is 0 Å². The van der Waals surface area contributed by atoms with Crippen molar-refractivity contribution in [1.82, 2.24) is 15.5 Å². The van der Waals surface area contributed by atoms with Crippen molar-refractivity contribution in [1.29, 1.82) is 0 Å². The summed E-state index contributed by atoms with van der Waals surface area (Å²) in [5.41, 5.74) is 0. The Morgan fingerprint density at radius 2 is 2.05 bits per heavy atom. The van der Waals surface area contributed by atoms with Gasteiger partial charge >= 0.3 is 0 Å². The maximum atomic E-state index is 12.4. The van der Waals surface area contributed by atoms with E-state index in [1.807, 2.05) is 6.92 Å². The van der Waals surface area contributed by atoms with Crippen LogP contribution in [-0.4, -0.2) is 48.9 Å². The van der Waals surface area contributed by atoms with E-state index in [9.17, 15) is 9.59 Å². The summed E-state index contributed by atoms with van der Waals surface area (Å²) in [5.74, 6) is 0.663. The predicted molar refractivity (Wildman–Crippen MR) is 73.6 cm³/mol. The number of carbonyl (C=O) groups excluding carboxylic acids is 2. The van der Waals surface area contributed by atoms with Gasteiger partial charge in [0, 0.05) is 32.6 Å². The first-order chi connectivity index (χ1) is 9.22. The Morgan fingerprint density at radius 3 is 2.74 bits per heavy atom. The van der Waals surface area contributed by atoms with E-state index in [1.54, 1.807) is 4.90 Å². The molecule has 0 bridgehead atoms. The van der Waals surface area contributed by atoms with Crippen molar-refractivity contribution in [3.05, 3.63) is 0 Å². The second-order valence-electron chi connectivity index (χ2n) is 5.56. The number of rotatable bonds is 4. The van der Waals surface area contributed by atoms with Crippen LogP contribution >= 0.6 is 0 Å². The molecule has 2 fully saturated rings. The van der Waals surface area contributed by atoms with E-state index in [2.05, 4.69) is 10.6 Å². The maximum Gasteiger partial charge on any atom is 0.244 e. The average Bonchev–Trinajstić information content (AvgIpc) is 2.92. The highest BCUT2D eigenvalue weighted by atomic mass is 16.2. The molecule has 19 heavy (non-hydrogen) atoms. The van der Waals surface area contributed by atoms with Crippen LogP contribution in [0.4, 0.5) is 0 Å². The van der Waals surface area contributed by atoms with E-state index in [-0.39, 0.29) is 17.9 Å². The Bertz CT molecular complexity index is 327. The number of hydrogen-bond acceptors (Lipinski definition) is 3. The number of nitrogens with one attached hydrogen (secondary N) is 2. The van der Waals surface area contributed by atoms with E-state index in [4.69, 9.17) is 0 Å². The number of amides is 2. The van der Waals surface area contributed by atoms with Gasteiger partial charge in [0.1, 0.15) is 6.04 Å². The van der Waals surface area contributed by atoms with Crippen LogP contribution in [-0.2, 0) is 9.59 Å². The first-order valence-corrected chi connectivity index (χ1v) is 7.50. The minimum absolute atomic E-state index is 0.0329. The average molecular weight is 267 g/mol. The standard InChI is InChI=1S/C14H25N3O2/c1-2-16-14(19)12-10-15-7-8-17(12)13(18)9-11-5-3-4-6-11/h11-12,15H,2-10H2,1H3,(H,16,19). The fourth-order valence-corrected chi connectivity index (χ4v) is 3.11. The van der Waals surface area contributed by atoms with Gasteiger partial charge in [-0.05, 0) is 25.7 Å². The molecule has 5 heteroatoms. The van der Waals surface area contributed by atoms with E-state index >= 15 is 0 Å². The molecule has 0 radical (unpaired) electrons. The van der Waals surface area contributed by atoms with Crippen molar-refractivity contribution in [3.8, 4) is 0 Å². The van der Waals surface area contributed by atoms with E-state index in [0.717, 1.165) is 6.54 Å². The van der Waals surface area contributed by atoms with Crippen molar-refractivity contribution in [2.24, 2.45) is 5.92 Å². The van der Waals surface area contributed by atoms with E-state index < -0.39 is 0 Å². The first-order valence-electron chi connectivity index (χ1n) is 7.50. The molecule has 1 heterocycles. The lowest BCUT2D eigenvalue weighted by Crippen LogP contribution is -2.59. The van der Waals surface area contributed by atoms with Crippen LogP contribution in [0.25, 0.3) is 0 Å². The Hall–Kier alpha value is -1.10. The second-order valence-corrected chi connectivity index (χ2v) is 5.56. The molecular formula is C14H25N3O2. The Labute approximate surface area is 115 Å². The van der Waals surface area contributed by atoms with Gasteiger partial charge in [-0.15, -0.1) is 0 Å². The summed E-state index contributed by atoms with van der Waals surface area (Å²) in [7, 11) is 0. The van der Waals surface area contributed by atoms with Gasteiger partial charge in [0.05, 0.1) is 0 Å². The van der Waals surface area contributed by atoms with Gasteiger partial charge in [0.2, 0.25) is 11.8 Å². The predicted octanol–water partition coefficient (Wildman–Crippen LogP) is 0.503.